The molecule has 0 heterocycles. The predicted molar refractivity (Wildman–Crippen MR) is 144 cm³/mol. The molecule has 0 aromatic heterocycles. The van der Waals surface area contributed by atoms with Crippen molar-refractivity contribution in [3.63, 3.8) is 0 Å². The van der Waals surface area contributed by atoms with E-state index in [-0.39, 0.29) is 35.6 Å². The van der Waals surface area contributed by atoms with Crippen LogP contribution in [0.15, 0.2) is 42.5 Å². The van der Waals surface area contributed by atoms with E-state index < -0.39 is 0 Å². The Morgan fingerprint density at radius 3 is 1.74 bits per heavy atom. The maximum absolute atomic E-state index is 3.53. The Hall–Kier alpha value is -0.877. The molecule has 0 saturated heterocycles. The number of benzene rings is 2. The van der Waals surface area contributed by atoms with Crippen molar-refractivity contribution >= 4 is 3.21 Å². The van der Waals surface area contributed by atoms with Gasteiger partial charge in [-0.2, -0.15) is 52.1 Å². The Kier molecular flexibility index (Phi) is 13.3. The van der Waals surface area contributed by atoms with Gasteiger partial charge in [-0.1, -0.05) is 97.1 Å². The van der Waals surface area contributed by atoms with Crippen molar-refractivity contribution in [2.75, 3.05) is 0 Å². The molecular formula is C32H42Cl2Zr-2. The van der Waals surface area contributed by atoms with Crippen LogP contribution in [0.1, 0.15) is 94.3 Å². The van der Waals surface area contributed by atoms with E-state index >= 15 is 0 Å². The van der Waals surface area contributed by atoms with E-state index in [1.54, 1.807) is 24.2 Å². The fourth-order valence-electron chi connectivity index (χ4n) is 3.94. The summed E-state index contributed by atoms with van der Waals surface area (Å²) < 4.78 is 1.51. The predicted octanol–water partition coefficient (Wildman–Crippen LogP) is 2.74. The smallest absolute Gasteiger partial charge is 0.0632 e. The van der Waals surface area contributed by atoms with Gasteiger partial charge < -0.3 is 24.8 Å². The number of halogens is 2. The summed E-state index contributed by atoms with van der Waals surface area (Å²) in [5.74, 6) is 0. The monoisotopic (exact) mass is 586 g/mol. The molecule has 0 saturated carbocycles. The van der Waals surface area contributed by atoms with Crippen LogP contribution in [0, 0.1) is 26.8 Å². The van der Waals surface area contributed by atoms with Crippen LogP contribution in [0.2, 0.25) is 0 Å². The molecule has 0 aliphatic heterocycles. The van der Waals surface area contributed by atoms with E-state index in [2.05, 4.69) is 125 Å². The second-order valence-electron chi connectivity index (χ2n) is 11.7. The zero-order chi connectivity index (χ0) is 25.1. The molecule has 0 atom stereocenters. The first-order valence-corrected chi connectivity index (χ1v) is 13.2. The van der Waals surface area contributed by atoms with Gasteiger partial charge in [0, 0.05) is 0 Å². The van der Waals surface area contributed by atoms with Crippen molar-refractivity contribution in [3.8, 4) is 11.1 Å². The van der Waals surface area contributed by atoms with Gasteiger partial charge in [-0.15, -0.1) is 5.56 Å². The first-order chi connectivity index (χ1) is 15.1. The maximum atomic E-state index is 3.53. The van der Waals surface area contributed by atoms with Crippen LogP contribution in [0.4, 0.5) is 0 Å². The summed E-state index contributed by atoms with van der Waals surface area (Å²) in [6.45, 7) is 24.3. The second kappa shape index (κ2) is 13.6. The average molecular weight is 589 g/mol. The van der Waals surface area contributed by atoms with Gasteiger partial charge >= 0.3 is 41.3 Å². The van der Waals surface area contributed by atoms with Crippen molar-refractivity contribution < 1.29 is 49.0 Å². The summed E-state index contributed by atoms with van der Waals surface area (Å²) in [4.78, 5) is 0. The summed E-state index contributed by atoms with van der Waals surface area (Å²) in [5, 5.41) is 0. The van der Waals surface area contributed by atoms with Crippen molar-refractivity contribution in [1.29, 1.82) is 0 Å². The largest absolute Gasteiger partial charge is 1.00 e. The van der Waals surface area contributed by atoms with E-state index in [9.17, 15) is 0 Å². The van der Waals surface area contributed by atoms with Gasteiger partial charge in [-0.25, -0.2) is 6.07 Å². The molecule has 35 heavy (non-hydrogen) atoms. The van der Waals surface area contributed by atoms with Gasteiger partial charge in [-0.3, -0.25) is 0 Å². The van der Waals surface area contributed by atoms with Crippen molar-refractivity contribution in [3.05, 3.63) is 87.5 Å². The van der Waals surface area contributed by atoms with Crippen LogP contribution in [-0.2, 0) is 41.5 Å². The summed E-state index contributed by atoms with van der Waals surface area (Å²) in [5.41, 5.74) is 12.9. The molecule has 0 nitrogen and oxygen atoms in total. The zero-order valence-electron chi connectivity index (χ0n) is 23.5. The van der Waals surface area contributed by atoms with Crippen LogP contribution in [0.5, 0.6) is 0 Å². The number of hydrogen-bond donors (Lipinski definition) is 0. The van der Waals surface area contributed by atoms with Crippen LogP contribution >= 0.6 is 0 Å². The molecule has 0 unspecified atom stereocenters. The molecule has 0 N–H and O–H groups in total. The van der Waals surface area contributed by atoms with Gasteiger partial charge in [0.1, 0.15) is 0 Å². The molecule has 1 aliphatic rings. The molecule has 0 fully saturated rings. The topological polar surface area (TPSA) is 0 Å². The van der Waals surface area contributed by atoms with E-state index in [0.29, 0.717) is 0 Å². The Morgan fingerprint density at radius 2 is 1.34 bits per heavy atom. The van der Waals surface area contributed by atoms with E-state index in [1.807, 2.05) is 0 Å². The van der Waals surface area contributed by atoms with Gasteiger partial charge in [0.05, 0.1) is 0 Å². The minimum Gasteiger partial charge on any atom is -1.00 e. The average Bonchev–Trinajstić information content (AvgIpc) is 3.17. The third-order valence-corrected chi connectivity index (χ3v) is 6.04. The van der Waals surface area contributed by atoms with E-state index in [4.69, 9.17) is 0 Å². The molecule has 1 aliphatic carbocycles. The van der Waals surface area contributed by atoms with Crippen LogP contribution in [-0.4, -0.2) is 3.21 Å². The SMILES string of the molecule is CC(C)(C)c1c[c-]c2c(c1)-c1cc(C(C)(C)C)ccc1C2.C[C](C)=[Zr+2].Cc1cc(C)c(C)[cH-]1.[Cl-].[Cl-]. The van der Waals surface area contributed by atoms with Gasteiger partial charge in [-0.05, 0) is 17.4 Å². The van der Waals surface area contributed by atoms with Crippen molar-refractivity contribution in [2.24, 2.45) is 0 Å². The fourth-order valence-corrected chi connectivity index (χ4v) is 3.94. The van der Waals surface area contributed by atoms with Gasteiger partial charge in [0.2, 0.25) is 0 Å². The van der Waals surface area contributed by atoms with Crippen molar-refractivity contribution in [1.82, 2.24) is 0 Å². The molecule has 0 amide bonds. The summed E-state index contributed by atoms with van der Waals surface area (Å²) in [6, 6.07) is 19.5. The van der Waals surface area contributed by atoms with E-state index in [1.165, 1.54) is 53.3 Å². The first kappa shape index (κ1) is 34.1. The number of hydrogen-bond acceptors (Lipinski definition) is 0. The quantitative estimate of drug-likeness (QED) is 0.277. The standard InChI is InChI=1S/C21H25.C8H11.C3H6.2ClH.Zr/c1-20(2,3)16-9-7-14-11-15-8-10-17(21(4,5)6)13-19(15)18(14)12-16;1-6-4-7(2)8(3)5-6;1-3-2;;;/h7,9-10,12-13H,11H2,1-6H3;4-5H,1-3H3;1-2H3;2*1H;/q2*-1;;;;+2/p-2. The Bertz CT molecular complexity index is 1040. The molecule has 190 valence electrons. The van der Waals surface area contributed by atoms with Crippen LogP contribution in [0.25, 0.3) is 11.1 Å². The molecule has 0 spiro atoms. The van der Waals surface area contributed by atoms with Gasteiger partial charge in [0.15, 0.2) is 0 Å². The molecule has 4 rings (SSSR count). The third-order valence-electron chi connectivity index (χ3n) is 6.04. The minimum atomic E-state index is 0. The summed E-state index contributed by atoms with van der Waals surface area (Å²) in [7, 11) is 0. The molecule has 0 bridgehead atoms. The van der Waals surface area contributed by atoms with Crippen LogP contribution < -0.4 is 24.8 Å². The summed E-state index contributed by atoms with van der Waals surface area (Å²) in [6.07, 6.45) is 1.03. The number of aryl methyl sites for hydroxylation is 3. The normalized spacial score (nSPS) is 11.5. The van der Waals surface area contributed by atoms with Crippen LogP contribution in [0.3, 0.4) is 0 Å². The fraction of sp³-hybridized carbons (Fsp3) is 0.438. The number of fused-ring (bicyclic) bond motifs is 3. The second-order valence-corrected chi connectivity index (χ2v) is 14.2. The Labute approximate surface area is 242 Å². The summed E-state index contributed by atoms with van der Waals surface area (Å²) >= 11 is 1.55. The molecule has 3 heteroatoms. The molecule has 3 aromatic carbocycles. The van der Waals surface area contributed by atoms with E-state index in [0.717, 1.165) is 6.42 Å². The Balaban J connectivity index is 0.000000692. The minimum absolute atomic E-state index is 0. The molecule has 3 aromatic rings. The number of rotatable bonds is 0. The van der Waals surface area contributed by atoms with Gasteiger partial charge in [0.25, 0.3) is 0 Å². The maximum Gasteiger partial charge on any atom is -0.0632 e. The third kappa shape index (κ3) is 9.83. The first-order valence-electron chi connectivity index (χ1n) is 12.0. The molecule has 0 radical (unpaired) electrons. The molecular weight excluding hydrogens is 546 g/mol. The zero-order valence-corrected chi connectivity index (χ0v) is 27.5. The van der Waals surface area contributed by atoms with Crippen molar-refractivity contribution in [2.45, 2.75) is 93.4 Å². The Morgan fingerprint density at radius 1 is 0.829 bits per heavy atom.